The maximum absolute atomic E-state index is 11.3. The monoisotopic (exact) mass is 556 g/mol. The summed E-state index contributed by atoms with van der Waals surface area (Å²) in [5.41, 5.74) is 2.26. The predicted molar refractivity (Wildman–Crippen MR) is 158 cm³/mol. The standard InChI is InChI=1S/C32H48N2O6/c1-10-11-12-23-15-27(36-5)28(37-6)16-24(23)13-14-34(4)20-26(35)19-32(21-33,22(2)3)25-17-29(38-7)31(40-9)30(18-25)39-8/h15-18,22,26,35H,10-14,19-20H2,1-9H3. The van der Waals surface area contributed by atoms with E-state index in [4.69, 9.17) is 23.7 Å². The lowest BCUT2D eigenvalue weighted by molar-refractivity contribution is 0.0932. The van der Waals surface area contributed by atoms with E-state index in [2.05, 4.69) is 30.0 Å². The van der Waals surface area contributed by atoms with Crippen LogP contribution in [-0.4, -0.2) is 71.8 Å². The highest BCUT2D eigenvalue weighted by Gasteiger charge is 2.40. The van der Waals surface area contributed by atoms with Gasteiger partial charge in [-0.3, -0.25) is 0 Å². The Balaban J connectivity index is 2.24. The van der Waals surface area contributed by atoms with E-state index in [1.165, 1.54) is 11.1 Å². The molecular formula is C32H48N2O6. The number of likely N-dealkylation sites (N-methyl/N-ethyl adjacent to an activating group) is 1. The van der Waals surface area contributed by atoms with Gasteiger partial charge in [0.05, 0.1) is 53.1 Å². The van der Waals surface area contributed by atoms with Crippen molar-refractivity contribution in [3.8, 4) is 34.8 Å². The first kappa shape index (κ1) is 33.1. The van der Waals surface area contributed by atoms with Crippen molar-refractivity contribution in [2.45, 2.75) is 64.4 Å². The Labute approximate surface area is 240 Å². The quantitative estimate of drug-likeness (QED) is 0.276. The molecule has 0 aliphatic heterocycles. The maximum Gasteiger partial charge on any atom is 0.203 e. The summed E-state index contributed by atoms with van der Waals surface area (Å²) < 4.78 is 27.6. The Kier molecular flexibility index (Phi) is 12.9. The van der Waals surface area contributed by atoms with Crippen LogP contribution in [0.25, 0.3) is 0 Å². The molecule has 0 fully saturated rings. The van der Waals surface area contributed by atoms with Crippen LogP contribution < -0.4 is 23.7 Å². The molecule has 2 aromatic rings. The largest absolute Gasteiger partial charge is 0.493 e. The lowest BCUT2D eigenvalue weighted by Crippen LogP contribution is -2.39. The number of hydrogen-bond donors (Lipinski definition) is 1. The smallest absolute Gasteiger partial charge is 0.203 e. The number of methoxy groups -OCH3 is 5. The fourth-order valence-electron chi connectivity index (χ4n) is 5.26. The molecule has 1 N–H and O–H groups in total. The minimum atomic E-state index is -0.955. The number of nitrogens with zero attached hydrogens (tertiary/aromatic N) is 2. The molecule has 0 spiro atoms. The Morgan fingerprint density at radius 3 is 1.80 bits per heavy atom. The van der Waals surface area contributed by atoms with Gasteiger partial charge in [0, 0.05) is 13.1 Å². The van der Waals surface area contributed by atoms with Gasteiger partial charge in [0.15, 0.2) is 23.0 Å². The van der Waals surface area contributed by atoms with E-state index >= 15 is 0 Å². The summed E-state index contributed by atoms with van der Waals surface area (Å²) in [6, 6.07) is 10.3. The number of hydrogen-bond acceptors (Lipinski definition) is 8. The molecule has 2 unspecified atom stereocenters. The number of unbranched alkanes of at least 4 members (excludes halogenated alkanes) is 1. The number of benzene rings is 2. The number of aryl methyl sites for hydroxylation is 1. The molecule has 2 atom stereocenters. The van der Waals surface area contributed by atoms with E-state index < -0.39 is 11.5 Å². The van der Waals surface area contributed by atoms with E-state index in [1.807, 2.05) is 33.0 Å². The van der Waals surface area contributed by atoms with E-state index in [1.54, 1.807) is 35.5 Å². The van der Waals surface area contributed by atoms with Crippen LogP contribution in [0, 0.1) is 17.2 Å². The highest BCUT2D eigenvalue weighted by molar-refractivity contribution is 5.56. The molecule has 2 aromatic carbocycles. The third kappa shape index (κ3) is 7.74. The lowest BCUT2D eigenvalue weighted by Gasteiger charge is -2.35. The first-order valence-electron chi connectivity index (χ1n) is 14.0. The molecular weight excluding hydrogens is 508 g/mol. The zero-order chi connectivity index (χ0) is 29.9. The minimum Gasteiger partial charge on any atom is -0.493 e. The van der Waals surface area contributed by atoms with Crippen LogP contribution in [0.4, 0.5) is 0 Å². The molecule has 0 aliphatic rings. The van der Waals surface area contributed by atoms with Crippen LogP contribution in [0.15, 0.2) is 24.3 Å². The molecule has 0 aromatic heterocycles. The Hall–Kier alpha value is -3.15. The van der Waals surface area contributed by atoms with Crippen molar-refractivity contribution in [3.05, 3.63) is 41.0 Å². The SMILES string of the molecule is CCCCc1cc(OC)c(OC)cc1CCN(C)CC(O)CC(C#N)(c1cc(OC)c(OC)c(OC)c1)C(C)C. The molecule has 0 saturated carbocycles. The number of ether oxygens (including phenoxy) is 5. The Morgan fingerprint density at radius 2 is 1.38 bits per heavy atom. The van der Waals surface area contributed by atoms with Crippen molar-refractivity contribution in [2.24, 2.45) is 5.92 Å². The fraction of sp³-hybridized carbons (Fsp3) is 0.594. The molecule has 0 amide bonds. The molecule has 40 heavy (non-hydrogen) atoms. The van der Waals surface area contributed by atoms with Gasteiger partial charge in [-0.25, -0.2) is 0 Å². The van der Waals surface area contributed by atoms with Crippen LogP contribution in [0.5, 0.6) is 28.7 Å². The summed E-state index contributed by atoms with van der Waals surface area (Å²) in [5.74, 6) is 2.83. The summed E-state index contributed by atoms with van der Waals surface area (Å²) in [5, 5.41) is 21.7. The third-order valence-corrected chi connectivity index (χ3v) is 7.71. The van der Waals surface area contributed by atoms with Crippen molar-refractivity contribution in [3.63, 3.8) is 0 Å². The van der Waals surface area contributed by atoms with Crippen LogP contribution >= 0.6 is 0 Å². The number of rotatable bonds is 17. The maximum atomic E-state index is 11.3. The van der Waals surface area contributed by atoms with Crippen molar-refractivity contribution in [1.82, 2.24) is 4.90 Å². The summed E-state index contributed by atoms with van der Waals surface area (Å²) in [7, 11) is 9.97. The van der Waals surface area contributed by atoms with Crippen molar-refractivity contribution < 1.29 is 28.8 Å². The number of aliphatic hydroxyl groups excluding tert-OH is 1. The molecule has 0 heterocycles. The van der Waals surface area contributed by atoms with Gasteiger partial charge in [0.2, 0.25) is 5.75 Å². The first-order chi connectivity index (χ1) is 19.1. The van der Waals surface area contributed by atoms with E-state index in [0.29, 0.717) is 23.8 Å². The van der Waals surface area contributed by atoms with Crippen LogP contribution in [0.3, 0.4) is 0 Å². The van der Waals surface area contributed by atoms with E-state index in [9.17, 15) is 10.4 Å². The molecule has 0 saturated heterocycles. The number of nitriles is 1. The van der Waals surface area contributed by atoms with Gasteiger partial charge in [0.1, 0.15) is 0 Å². The zero-order valence-corrected chi connectivity index (χ0v) is 25.8. The van der Waals surface area contributed by atoms with Gasteiger partial charge in [-0.2, -0.15) is 5.26 Å². The van der Waals surface area contributed by atoms with Crippen LogP contribution in [-0.2, 0) is 18.3 Å². The molecule has 8 nitrogen and oxygen atoms in total. The highest BCUT2D eigenvalue weighted by Crippen LogP contribution is 2.45. The lowest BCUT2D eigenvalue weighted by atomic mass is 9.69. The van der Waals surface area contributed by atoms with Gasteiger partial charge >= 0.3 is 0 Å². The molecule has 222 valence electrons. The topological polar surface area (TPSA) is 93.4 Å². The normalized spacial score (nSPS) is 13.5. The van der Waals surface area contributed by atoms with Gasteiger partial charge in [-0.05, 0) is 79.6 Å². The second kappa shape index (κ2) is 15.6. The zero-order valence-electron chi connectivity index (χ0n) is 25.8. The minimum absolute atomic E-state index is 0.0758. The van der Waals surface area contributed by atoms with Crippen LogP contribution in [0.1, 0.15) is 56.7 Å². The van der Waals surface area contributed by atoms with Crippen molar-refractivity contribution in [2.75, 3.05) is 55.7 Å². The van der Waals surface area contributed by atoms with Crippen molar-refractivity contribution >= 4 is 0 Å². The second-order valence-corrected chi connectivity index (χ2v) is 10.6. The summed E-state index contributed by atoms with van der Waals surface area (Å²) >= 11 is 0. The van der Waals surface area contributed by atoms with Gasteiger partial charge in [0.25, 0.3) is 0 Å². The van der Waals surface area contributed by atoms with E-state index in [-0.39, 0.29) is 12.3 Å². The van der Waals surface area contributed by atoms with E-state index in [0.717, 1.165) is 49.3 Å². The highest BCUT2D eigenvalue weighted by atomic mass is 16.5. The third-order valence-electron chi connectivity index (χ3n) is 7.71. The molecule has 8 heteroatoms. The van der Waals surface area contributed by atoms with Crippen molar-refractivity contribution in [1.29, 1.82) is 5.26 Å². The molecule has 0 bridgehead atoms. The second-order valence-electron chi connectivity index (χ2n) is 10.6. The summed E-state index contributed by atoms with van der Waals surface area (Å²) in [4.78, 5) is 2.11. The fourth-order valence-corrected chi connectivity index (χ4v) is 5.26. The Bertz CT molecular complexity index is 1100. The summed E-state index contributed by atoms with van der Waals surface area (Å²) in [6.07, 6.45) is 3.54. The Morgan fingerprint density at radius 1 is 0.850 bits per heavy atom. The van der Waals surface area contributed by atoms with Gasteiger partial charge in [-0.15, -0.1) is 0 Å². The molecule has 0 radical (unpaired) electrons. The first-order valence-corrected chi connectivity index (χ1v) is 14.0. The summed E-state index contributed by atoms with van der Waals surface area (Å²) in [6.45, 7) is 7.36. The average molecular weight is 557 g/mol. The molecule has 2 rings (SSSR count). The van der Waals surface area contributed by atoms with Gasteiger partial charge in [-0.1, -0.05) is 27.2 Å². The number of aliphatic hydroxyl groups is 1. The predicted octanol–water partition coefficient (Wildman–Crippen LogP) is 5.42. The van der Waals surface area contributed by atoms with Gasteiger partial charge < -0.3 is 33.7 Å². The molecule has 0 aliphatic carbocycles. The average Bonchev–Trinajstić information content (AvgIpc) is 2.96. The van der Waals surface area contributed by atoms with Crippen LogP contribution in [0.2, 0.25) is 0 Å².